The van der Waals surface area contributed by atoms with Gasteiger partial charge in [-0.25, -0.2) is 4.98 Å². The molecule has 17 heavy (non-hydrogen) atoms. The molecule has 1 heterocycles. The first-order valence-corrected chi connectivity index (χ1v) is 6.42. The summed E-state index contributed by atoms with van der Waals surface area (Å²) in [6.07, 6.45) is 4.54. The van der Waals surface area contributed by atoms with E-state index < -0.39 is 0 Å². The van der Waals surface area contributed by atoms with Gasteiger partial charge in [0.15, 0.2) is 0 Å². The number of rotatable bonds is 5. The predicted octanol–water partition coefficient (Wildman–Crippen LogP) is 3.70. The van der Waals surface area contributed by atoms with Crippen LogP contribution in [0.4, 0.5) is 0 Å². The van der Waals surface area contributed by atoms with E-state index in [2.05, 4.69) is 17.2 Å². The number of hydrogen-bond donors (Lipinski definition) is 1. The maximum Gasteiger partial charge on any atom is 0.253 e. The monoisotopic (exact) mass is 274 g/mol. The minimum atomic E-state index is -0.206. The summed E-state index contributed by atoms with van der Waals surface area (Å²) in [6.45, 7) is 4.10. The Hall–Kier alpha value is -0.800. The van der Waals surface area contributed by atoms with E-state index in [1.54, 1.807) is 0 Å². The fourth-order valence-corrected chi connectivity index (χ4v) is 1.82. The SMILES string of the molecule is CCCCC(C)NC(=O)c1cc(Cl)ncc1Cl. The molecule has 0 saturated carbocycles. The number of halogens is 2. The van der Waals surface area contributed by atoms with Crippen molar-refractivity contribution in [1.82, 2.24) is 10.3 Å². The molecule has 0 saturated heterocycles. The smallest absolute Gasteiger partial charge is 0.253 e. The minimum Gasteiger partial charge on any atom is -0.350 e. The second-order valence-electron chi connectivity index (χ2n) is 4.00. The number of unbranched alkanes of at least 4 members (excludes halogenated alkanes) is 1. The molecule has 0 spiro atoms. The first-order valence-electron chi connectivity index (χ1n) is 5.66. The van der Waals surface area contributed by atoms with E-state index in [0.717, 1.165) is 19.3 Å². The van der Waals surface area contributed by atoms with Crippen LogP contribution in [0.15, 0.2) is 12.3 Å². The van der Waals surface area contributed by atoms with Gasteiger partial charge in [-0.2, -0.15) is 0 Å². The van der Waals surface area contributed by atoms with Gasteiger partial charge in [-0.3, -0.25) is 4.79 Å². The Labute approximate surface area is 112 Å². The number of carbonyl (C=O) groups excluding carboxylic acids is 1. The molecule has 1 rings (SSSR count). The van der Waals surface area contributed by atoms with Gasteiger partial charge in [-0.1, -0.05) is 43.0 Å². The Bertz CT molecular complexity index is 396. The van der Waals surface area contributed by atoms with Crippen molar-refractivity contribution in [2.45, 2.75) is 39.2 Å². The molecule has 1 aromatic rings. The largest absolute Gasteiger partial charge is 0.350 e. The third-order valence-corrected chi connectivity index (χ3v) is 2.94. The third-order valence-electron chi connectivity index (χ3n) is 2.43. The molecule has 0 bridgehead atoms. The Morgan fingerprint density at radius 1 is 1.53 bits per heavy atom. The van der Waals surface area contributed by atoms with E-state index in [1.165, 1.54) is 12.3 Å². The van der Waals surface area contributed by atoms with Gasteiger partial charge in [-0.15, -0.1) is 0 Å². The van der Waals surface area contributed by atoms with Crippen LogP contribution in [0.2, 0.25) is 10.2 Å². The summed E-state index contributed by atoms with van der Waals surface area (Å²) in [4.78, 5) is 15.7. The molecular weight excluding hydrogens is 259 g/mol. The highest BCUT2D eigenvalue weighted by molar-refractivity contribution is 6.35. The molecule has 94 valence electrons. The van der Waals surface area contributed by atoms with Crippen LogP contribution in [0, 0.1) is 0 Å². The number of nitrogens with zero attached hydrogens (tertiary/aromatic N) is 1. The zero-order chi connectivity index (χ0) is 12.8. The maximum absolute atomic E-state index is 11.9. The number of amides is 1. The van der Waals surface area contributed by atoms with E-state index >= 15 is 0 Å². The van der Waals surface area contributed by atoms with Gasteiger partial charge in [-0.05, 0) is 19.4 Å². The standard InChI is InChI=1S/C12H16Cl2N2O/c1-3-4-5-8(2)16-12(17)9-6-11(14)15-7-10(9)13/h6-8H,3-5H2,1-2H3,(H,16,17). The highest BCUT2D eigenvalue weighted by Crippen LogP contribution is 2.18. The molecule has 0 aromatic carbocycles. The van der Waals surface area contributed by atoms with Gasteiger partial charge in [0, 0.05) is 12.2 Å². The van der Waals surface area contributed by atoms with Gasteiger partial charge in [0.2, 0.25) is 0 Å². The topological polar surface area (TPSA) is 42.0 Å². The summed E-state index contributed by atoms with van der Waals surface area (Å²) >= 11 is 11.6. The van der Waals surface area contributed by atoms with Crippen molar-refractivity contribution in [2.24, 2.45) is 0 Å². The molecule has 1 N–H and O–H groups in total. The molecule has 1 aromatic heterocycles. The molecule has 1 unspecified atom stereocenters. The van der Waals surface area contributed by atoms with Crippen molar-refractivity contribution in [2.75, 3.05) is 0 Å². The van der Waals surface area contributed by atoms with E-state index in [1.807, 2.05) is 6.92 Å². The van der Waals surface area contributed by atoms with Crippen LogP contribution in [-0.2, 0) is 0 Å². The average molecular weight is 275 g/mol. The highest BCUT2D eigenvalue weighted by Gasteiger charge is 2.13. The average Bonchev–Trinajstić information content (AvgIpc) is 2.29. The Balaban J connectivity index is 2.66. The van der Waals surface area contributed by atoms with Crippen molar-refractivity contribution >= 4 is 29.1 Å². The Kier molecular flexibility index (Phi) is 5.72. The van der Waals surface area contributed by atoms with Crippen LogP contribution < -0.4 is 5.32 Å². The molecule has 0 aliphatic heterocycles. The van der Waals surface area contributed by atoms with Crippen LogP contribution in [-0.4, -0.2) is 16.9 Å². The van der Waals surface area contributed by atoms with E-state index in [4.69, 9.17) is 23.2 Å². The normalized spacial score (nSPS) is 12.2. The summed E-state index contributed by atoms with van der Waals surface area (Å²) in [5.74, 6) is -0.206. The second-order valence-corrected chi connectivity index (χ2v) is 4.80. The molecule has 3 nitrogen and oxygen atoms in total. The molecule has 0 aliphatic carbocycles. The second kappa shape index (κ2) is 6.82. The first kappa shape index (κ1) is 14.3. The lowest BCUT2D eigenvalue weighted by Crippen LogP contribution is -2.32. The van der Waals surface area contributed by atoms with E-state index in [9.17, 15) is 4.79 Å². The van der Waals surface area contributed by atoms with Crippen LogP contribution in [0.25, 0.3) is 0 Å². The quantitative estimate of drug-likeness (QED) is 0.832. The van der Waals surface area contributed by atoms with Gasteiger partial charge in [0.1, 0.15) is 5.15 Å². The van der Waals surface area contributed by atoms with Crippen LogP contribution >= 0.6 is 23.2 Å². The van der Waals surface area contributed by atoms with Crippen molar-refractivity contribution in [3.63, 3.8) is 0 Å². The van der Waals surface area contributed by atoms with Crippen LogP contribution in [0.1, 0.15) is 43.5 Å². The van der Waals surface area contributed by atoms with Gasteiger partial charge < -0.3 is 5.32 Å². The summed E-state index contributed by atoms with van der Waals surface area (Å²) in [5.41, 5.74) is 0.370. The summed E-state index contributed by atoms with van der Waals surface area (Å²) in [5, 5.41) is 3.47. The molecule has 5 heteroatoms. The molecule has 0 radical (unpaired) electrons. The van der Waals surface area contributed by atoms with Crippen LogP contribution in [0.3, 0.4) is 0 Å². The van der Waals surface area contributed by atoms with Crippen molar-refractivity contribution in [3.05, 3.63) is 28.0 Å². The van der Waals surface area contributed by atoms with Crippen LogP contribution in [0.5, 0.6) is 0 Å². The first-order chi connectivity index (χ1) is 8.04. The Morgan fingerprint density at radius 2 is 2.24 bits per heavy atom. The number of nitrogens with one attached hydrogen (secondary N) is 1. The van der Waals surface area contributed by atoms with E-state index in [0.29, 0.717) is 10.6 Å². The number of carbonyl (C=O) groups is 1. The minimum absolute atomic E-state index is 0.130. The van der Waals surface area contributed by atoms with Crippen molar-refractivity contribution in [3.8, 4) is 0 Å². The zero-order valence-electron chi connectivity index (χ0n) is 9.96. The van der Waals surface area contributed by atoms with Crippen molar-refractivity contribution in [1.29, 1.82) is 0 Å². The van der Waals surface area contributed by atoms with Crippen molar-refractivity contribution < 1.29 is 4.79 Å². The molecule has 0 fully saturated rings. The molecule has 0 aliphatic rings. The lowest BCUT2D eigenvalue weighted by molar-refractivity contribution is 0.0938. The molecular formula is C12H16Cl2N2O. The fraction of sp³-hybridized carbons (Fsp3) is 0.500. The number of hydrogen-bond acceptors (Lipinski definition) is 2. The fourth-order valence-electron chi connectivity index (χ4n) is 1.47. The maximum atomic E-state index is 11.9. The van der Waals surface area contributed by atoms with Gasteiger partial charge in [0.05, 0.1) is 10.6 Å². The van der Waals surface area contributed by atoms with Gasteiger partial charge in [0.25, 0.3) is 5.91 Å². The summed E-state index contributed by atoms with van der Waals surface area (Å²) in [6, 6.07) is 1.61. The lowest BCUT2D eigenvalue weighted by atomic mass is 10.1. The molecule has 1 atom stereocenters. The number of pyridine rings is 1. The Morgan fingerprint density at radius 3 is 2.88 bits per heavy atom. The predicted molar refractivity (Wildman–Crippen MR) is 70.7 cm³/mol. The summed E-state index contributed by atoms with van der Waals surface area (Å²) in [7, 11) is 0. The van der Waals surface area contributed by atoms with Gasteiger partial charge >= 0.3 is 0 Å². The van der Waals surface area contributed by atoms with E-state index in [-0.39, 0.29) is 17.1 Å². The lowest BCUT2D eigenvalue weighted by Gasteiger charge is -2.13. The third kappa shape index (κ3) is 4.52. The molecule has 1 amide bonds. The highest BCUT2D eigenvalue weighted by atomic mass is 35.5. The summed E-state index contributed by atoms with van der Waals surface area (Å²) < 4.78 is 0. The zero-order valence-corrected chi connectivity index (χ0v) is 11.5. The number of aromatic nitrogens is 1.